The molecule has 0 radical (unpaired) electrons. The Morgan fingerprint density at radius 1 is 1.00 bits per heavy atom. The second-order valence-corrected chi connectivity index (χ2v) is 5.47. The van der Waals surface area contributed by atoms with Gasteiger partial charge in [-0.15, -0.1) is 0 Å². The molecule has 1 atom stereocenters. The number of hydrogen-bond donors (Lipinski definition) is 1. The van der Waals surface area contributed by atoms with Gasteiger partial charge in [-0.2, -0.15) is 0 Å². The standard InChI is InChI=1S/C18H21NO2/c19-11-14-1-3-16(4-2-14)17-5-7-18(8-6-17)21-13-15-9-10-20-12-15/h1-8,15H,9-13,19H2. The van der Waals surface area contributed by atoms with Gasteiger partial charge in [-0.3, -0.25) is 0 Å². The Bertz CT molecular complexity index is 557. The Kier molecular flexibility index (Phi) is 4.53. The summed E-state index contributed by atoms with van der Waals surface area (Å²) < 4.78 is 11.2. The predicted octanol–water partition coefficient (Wildman–Crippen LogP) is 3.23. The minimum absolute atomic E-state index is 0.536. The molecule has 0 aliphatic carbocycles. The molecule has 3 rings (SSSR count). The summed E-state index contributed by atoms with van der Waals surface area (Å²) in [7, 11) is 0. The Hall–Kier alpha value is -1.84. The highest BCUT2D eigenvalue weighted by Crippen LogP contribution is 2.23. The van der Waals surface area contributed by atoms with Crippen molar-refractivity contribution in [2.24, 2.45) is 11.7 Å². The maximum atomic E-state index is 5.82. The Morgan fingerprint density at radius 3 is 2.24 bits per heavy atom. The van der Waals surface area contributed by atoms with Crippen LogP contribution in [-0.2, 0) is 11.3 Å². The average Bonchev–Trinajstić information content (AvgIpc) is 3.07. The molecule has 110 valence electrons. The van der Waals surface area contributed by atoms with Crippen LogP contribution in [-0.4, -0.2) is 19.8 Å². The van der Waals surface area contributed by atoms with Gasteiger partial charge < -0.3 is 15.2 Å². The largest absolute Gasteiger partial charge is 0.493 e. The van der Waals surface area contributed by atoms with Crippen LogP contribution < -0.4 is 10.5 Å². The second-order valence-electron chi connectivity index (χ2n) is 5.47. The van der Waals surface area contributed by atoms with Crippen LogP contribution in [0.4, 0.5) is 0 Å². The molecule has 0 amide bonds. The van der Waals surface area contributed by atoms with Crippen molar-refractivity contribution in [3.63, 3.8) is 0 Å². The molecule has 3 heteroatoms. The lowest BCUT2D eigenvalue weighted by Crippen LogP contribution is -2.11. The molecule has 2 N–H and O–H groups in total. The Balaban J connectivity index is 1.62. The molecule has 1 fully saturated rings. The first-order valence-corrected chi connectivity index (χ1v) is 7.45. The van der Waals surface area contributed by atoms with E-state index in [1.54, 1.807) is 0 Å². The van der Waals surface area contributed by atoms with Crippen LogP contribution >= 0.6 is 0 Å². The van der Waals surface area contributed by atoms with Gasteiger partial charge in [-0.25, -0.2) is 0 Å². The topological polar surface area (TPSA) is 44.5 Å². The Morgan fingerprint density at radius 2 is 1.67 bits per heavy atom. The number of ether oxygens (including phenoxy) is 2. The fourth-order valence-corrected chi connectivity index (χ4v) is 2.51. The highest BCUT2D eigenvalue weighted by molar-refractivity contribution is 5.64. The molecule has 0 saturated carbocycles. The second kappa shape index (κ2) is 6.74. The van der Waals surface area contributed by atoms with E-state index in [-0.39, 0.29) is 0 Å². The summed E-state index contributed by atoms with van der Waals surface area (Å²) in [6.45, 7) is 3.01. The van der Waals surface area contributed by atoms with Crippen LogP contribution in [0.25, 0.3) is 11.1 Å². The summed E-state index contributed by atoms with van der Waals surface area (Å²) in [5, 5.41) is 0. The molecule has 0 spiro atoms. The van der Waals surface area contributed by atoms with Gasteiger partial charge in [0.15, 0.2) is 0 Å². The van der Waals surface area contributed by atoms with E-state index >= 15 is 0 Å². The quantitative estimate of drug-likeness (QED) is 0.916. The first-order valence-electron chi connectivity index (χ1n) is 7.45. The van der Waals surface area contributed by atoms with E-state index < -0.39 is 0 Å². The van der Waals surface area contributed by atoms with Gasteiger partial charge in [0, 0.05) is 19.1 Å². The monoisotopic (exact) mass is 283 g/mol. The summed E-state index contributed by atoms with van der Waals surface area (Å²) >= 11 is 0. The summed E-state index contributed by atoms with van der Waals surface area (Å²) in [5.41, 5.74) is 9.16. The lowest BCUT2D eigenvalue weighted by molar-refractivity contribution is 0.167. The molecular formula is C18H21NO2. The van der Waals surface area contributed by atoms with Gasteiger partial charge in [-0.05, 0) is 35.2 Å². The van der Waals surface area contributed by atoms with E-state index in [4.69, 9.17) is 15.2 Å². The fourth-order valence-electron chi connectivity index (χ4n) is 2.51. The van der Waals surface area contributed by atoms with Gasteiger partial charge in [0.25, 0.3) is 0 Å². The van der Waals surface area contributed by atoms with Crippen LogP contribution in [0.2, 0.25) is 0 Å². The van der Waals surface area contributed by atoms with E-state index in [1.807, 2.05) is 12.1 Å². The van der Waals surface area contributed by atoms with Crippen LogP contribution in [0.1, 0.15) is 12.0 Å². The molecule has 0 aromatic heterocycles. The van der Waals surface area contributed by atoms with Gasteiger partial charge in [0.2, 0.25) is 0 Å². The van der Waals surface area contributed by atoms with Crippen molar-refractivity contribution in [2.75, 3.05) is 19.8 Å². The van der Waals surface area contributed by atoms with Crippen molar-refractivity contribution in [1.82, 2.24) is 0 Å². The highest BCUT2D eigenvalue weighted by atomic mass is 16.5. The first kappa shape index (κ1) is 14.1. The van der Waals surface area contributed by atoms with Crippen LogP contribution in [0.3, 0.4) is 0 Å². The van der Waals surface area contributed by atoms with Gasteiger partial charge in [0.05, 0.1) is 13.2 Å². The third-order valence-electron chi connectivity index (χ3n) is 3.89. The third kappa shape index (κ3) is 3.63. The SMILES string of the molecule is NCc1ccc(-c2ccc(OCC3CCOC3)cc2)cc1. The maximum absolute atomic E-state index is 5.82. The predicted molar refractivity (Wildman–Crippen MR) is 84.2 cm³/mol. The molecule has 2 aromatic rings. The van der Waals surface area contributed by atoms with Crippen molar-refractivity contribution in [3.05, 3.63) is 54.1 Å². The molecule has 1 unspecified atom stereocenters. The number of nitrogens with two attached hydrogens (primary N) is 1. The minimum Gasteiger partial charge on any atom is -0.493 e. The zero-order chi connectivity index (χ0) is 14.5. The number of rotatable bonds is 5. The molecule has 2 aromatic carbocycles. The molecule has 21 heavy (non-hydrogen) atoms. The van der Waals surface area contributed by atoms with Crippen molar-refractivity contribution in [3.8, 4) is 16.9 Å². The van der Waals surface area contributed by atoms with Crippen molar-refractivity contribution < 1.29 is 9.47 Å². The van der Waals surface area contributed by atoms with Crippen LogP contribution in [0.5, 0.6) is 5.75 Å². The fraction of sp³-hybridized carbons (Fsp3) is 0.333. The summed E-state index contributed by atoms with van der Waals surface area (Å²) in [4.78, 5) is 0. The molecule has 1 saturated heterocycles. The molecular weight excluding hydrogens is 262 g/mol. The van der Waals surface area contributed by atoms with Gasteiger partial charge in [0.1, 0.15) is 5.75 Å². The summed E-state index contributed by atoms with van der Waals surface area (Å²) in [5.74, 6) is 1.46. The molecule has 3 nitrogen and oxygen atoms in total. The number of hydrogen-bond acceptors (Lipinski definition) is 3. The molecule has 1 heterocycles. The smallest absolute Gasteiger partial charge is 0.119 e. The number of benzene rings is 2. The van der Waals surface area contributed by atoms with Crippen molar-refractivity contribution in [1.29, 1.82) is 0 Å². The van der Waals surface area contributed by atoms with Gasteiger partial charge >= 0.3 is 0 Å². The summed E-state index contributed by atoms with van der Waals surface area (Å²) in [6, 6.07) is 16.6. The molecule has 1 aliphatic rings. The van der Waals surface area contributed by atoms with E-state index in [9.17, 15) is 0 Å². The molecule has 1 aliphatic heterocycles. The van der Waals surface area contributed by atoms with Crippen molar-refractivity contribution in [2.45, 2.75) is 13.0 Å². The zero-order valence-corrected chi connectivity index (χ0v) is 12.1. The lowest BCUT2D eigenvalue weighted by Gasteiger charge is -2.11. The molecule has 0 bridgehead atoms. The van der Waals surface area contributed by atoms with E-state index in [1.165, 1.54) is 11.1 Å². The van der Waals surface area contributed by atoms with E-state index in [2.05, 4.69) is 36.4 Å². The van der Waals surface area contributed by atoms with Crippen LogP contribution in [0, 0.1) is 5.92 Å². The Labute approximate surface area is 125 Å². The minimum atomic E-state index is 0.536. The third-order valence-corrected chi connectivity index (χ3v) is 3.89. The van der Waals surface area contributed by atoms with Gasteiger partial charge in [-0.1, -0.05) is 36.4 Å². The zero-order valence-electron chi connectivity index (χ0n) is 12.1. The highest BCUT2D eigenvalue weighted by Gasteiger charge is 2.16. The first-order chi connectivity index (χ1) is 10.3. The average molecular weight is 283 g/mol. The maximum Gasteiger partial charge on any atom is 0.119 e. The van der Waals surface area contributed by atoms with E-state index in [0.717, 1.165) is 37.6 Å². The normalized spacial score (nSPS) is 17.9. The lowest BCUT2D eigenvalue weighted by atomic mass is 10.0. The van der Waals surface area contributed by atoms with Crippen LogP contribution in [0.15, 0.2) is 48.5 Å². The van der Waals surface area contributed by atoms with Crippen molar-refractivity contribution >= 4 is 0 Å². The van der Waals surface area contributed by atoms with E-state index in [0.29, 0.717) is 12.5 Å². The summed E-state index contributed by atoms with van der Waals surface area (Å²) in [6.07, 6.45) is 1.10.